The lowest BCUT2D eigenvalue weighted by Crippen LogP contribution is -2.59. The van der Waals surface area contributed by atoms with Crippen LogP contribution in [0, 0.1) is 0 Å². The van der Waals surface area contributed by atoms with Gasteiger partial charge in [0.15, 0.2) is 0 Å². The van der Waals surface area contributed by atoms with Gasteiger partial charge in [0.25, 0.3) is 5.91 Å². The Labute approximate surface area is 268 Å². The number of carboxylic acids is 1. The van der Waals surface area contributed by atoms with Crippen molar-refractivity contribution < 1.29 is 64.4 Å². The number of benzene rings is 1. The minimum atomic E-state index is -1.72. The number of aliphatic carboxylic acids is 1. The Balaban J connectivity index is 3.06. The van der Waals surface area contributed by atoms with E-state index in [9.17, 15) is 54.1 Å². The molecule has 4 unspecified atom stereocenters. The first-order valence-corrected chi connectivity index (χ1v) is 14.4. The van der Waals surface area contributed by atoms with Crippen molar-refractivity contribution in [2.45, 2.75) is 56.3 Å². The fourth-order valence-corrected chi connectivity index (χ4v) is 3.96. The van der Waals surface area contributed by atoms with Crippen LogP contribution in [0.15, 0.2) is 24.3 Å². The second-order valence-electron chi connectivity index (χ2n) is 9.99. The monoisotopic (exact) mass is 671 g/mol. The van der Waals surface area contributed by atoms with Crippen molar-refractivity contribution in [2.24, 2.45) is 0 Å². The van der Waals surface area contributed by atoms with Gasteiger partial charge in [0.05, 0.1) is 25.2 Å². The molecule has 6 amide bonds. The molecule has 20 heteroatoms. The zero-order valence-electron chi connectivity index (χ0n) is 25.3. The van der Waals surface area contributed by atoms with Gasteiger partial charge in [-0.25, -0.2) is 10.5 Å². The maximum absolute atomic E-state index is 13.3. The number of phenolic OH excluding ortho intramolecular Hbond substituents is 1. The van der Waals surface area contributed by atoms with E-state index in [0.717, 1.165) is 0 Å². The standard InChI is InChI=1S/C27H41N7O13/c35-13-19(32-23(41)16-5-1-2-8-21(16)38)27(45)33-20(14-36)26(44)31-18(7-4-12-34(47)15-37)25(43)30-17(6-3-10-29-46)24(42)28-11-9-22(39)40/h1-2,5,8,15,17-20,29,35-36,38,46-47H,3-4,6-7,9-14H2,(H,28,42)(H,30,43)(H,31,44)(H,32,41)(H,33,45)(H,39,40). The summed E-state index contributed by atoms with van der Waals surface area (Å²) in [5.74, 6) is -6.41. The van der Waals surface area contributed by atoms with Gasteiger partial charge in [-0.15, -0.1) is 0 Å². The number of para-hydroxylation sites is 1. The third-order valence-electron chi connectivity index (χ3n) is 6.46. The van der Waals surface area contributed by atoms with Gasteiger partial charge < -0.3 is 52.2 Å². The van der Waals surface area contributed by atoms with Crippen LogP contribution >= 0.6 is 0 Å². The maximum atomic E-state index is 13.3. The van der Waals surface area contributed by atoms with Crippen molar-refractivity contribution in [1.29, 1.82) is 0 Å². The van der Waals surface area contributed by atoms with Gasteiger partial charge in [0, 0.05) is 19.6 Å². The molecule has 0 radical (unpaired) electrons. The van der Waals surface area contributed by atoms with Gasteiger partial charge >= 0.3 is 5.97 Å². The molecule has 0 bridgehead atoms. The van der Waals surface area contributed by atoms with E-state index >= 15 is 0 Å². The lowest BCUT2D eigenvalue weighted by Gasteiger charge is -2.26. The first-order valence-electron chi connectivity index (χ1n) is 14.4. The number of hydrogen-bond acceptors (Lipinski definition) is 13. The van der Waals surface area contributed by atoms with Crippen LogP contribution in [0.5, 0.6) is 5.75 Å². The summed E-state index contributed by atoms with van der Waals surface area (Å²) in [7, 11) is 0. The number of aliphatic hydroxyl groups excluding tert-OH is 2. The number of hydroxylamine groups is 3. The number of phenols is 1. The summed E-state index contributed by atoms with van der Waals surface area (Å²) in [6.45, 7) is -2.43. The third-order valence-corrected chi connectivity index (χ3v) is 6.46. The lowest BCUT2D eigenvalue weighted by molar-refractivity contribution is -0.150. The number of amides is 6. The summed E-state index contributed by atoms with van der Waals surface area (Å²) in [5, 5.41) is 68.1. The lowest BCUT2D eigenvalue weighted by atomic mass is 10.1. The molecular formula is C27H41N7O13. The van der Waals surface area contributed by atoms with Crippen LogP contribution in [0.2, 0.25) is 0 Å². The van der Waals surface area contributed by atoms with E-state index in [-0.39, 0.29) is 62.4 Å². The Bertz CT molecular complexity index is 1220. The topological polar surface area (TPSA) is 316 Å². The molecule has 0 fully saturated rings. The zero-order valence-corrected chi connectivity index (χ0v) is 25.3. The number of aliphatic hydroxyl groups is 2. The van der Waals surface area contributed by atoms with E-state index in [1.807, 2.05) is 5.48 Å². The van der Waals surface area contributed by atoms with Crippen LogP contribution in [-0.2, 0) is 28.8 Å². The smallest absolute Gasteiger partial charge is 0.305 e. The molecule has 1 aromatic rings. The number of rotatable bonds is 23. The van der Waals surface area contributed by atoms with Gasteiger partial charge in [-0.1, -0.05) is 12.1 Å². The number of carboxylic acid groups (broad SMARTS) is 1. The molecule has 12 N–H and O–H groups in total. The van der Waals surface area contributed by atoms with E-state index < -0.39 is 85.1 Å². The Morgan fingerprint density at radius 2 is 1.30 bits per heavy atom. The molecule has 20 nitrogen and oxygen atoms in total. The van der Waals surface area contributed by atoms with E-state index in [0.29, 0.717) is 0 Å². The average Bonchev–Trinajstić information content (AvgIpc) is 3.04. The van der Waals surface area contributed by atoms with Crippen LogP contribution < -0.4 is 32.1 Å². The second kappa shape index (κ2) is 21.8. The van der Waals surface area contributed by atoms with Gasteiger partial charge in [0.1, 0.15) is 29.9 Å². The molecule has 0 aliphatic heterocycles. The van der Waals surface area contributed by atoms with E-state index in [1.165, 1.54) is 24.3 Å². The van der Waals surface area contributed by atoms with Gasteiger partial charge in [-0.3, -0.25) is 38.8 Å². The minimum Gasteiger partial charge on any atom is -0.507 e. The van der Waals surface area contributed by atoms with Crippen LogP contribution in [0.1, 0.15) is 42.5 Å². The van der Waals surface area contributed by atoms with Crippen LogP contribution in [0.3, 0.4) is 0 Å². The van der Waals surface area contributed by atoms with E-state index in [1.54, 1.807) is 0 Å². The third kappa shape index (κ3) is 14.8. The summed E-state index contributed by atoms with van der Waals surface area (Å²) < 4.78 is 0. The van der Waals surface area contributed by atoms with Crippen LogP contribution in [-0.4, -0.2) is 135 Å². The normalized spacial score (nSPS) is 13.2. The number of hydrogen-bond donors (Lipinski definition) is 12. The quantitative estimate of drug-likeness (QED) is 0.0228. The largest absolute Gasteiger partial charge is 0.507 e. The van der Waals surface area contributed by atoms with Crippen molar-refractivity contribution in [3.8, 4) is 5.75 Å². The molecule has 0 heterocycles. The Morgan fingerprint density at radius 3 is 1.85 bits per heavy atom. The van der Waals surface area contributed by atoms with Crippen molar-refractivity contribution in [3.63, 3.8) is 0 Å². The number of nitrogens with one attached hydrogen (secondary N) is 6. The molecule has 262 valence electrons. The van der Waals surface area contributed by atoms with E-state index in [2.05, 4.69) is 26.6 Å². The van der Waals surface area contributed by atoms with Crippen molar-refractivity contribution >= 4 is 41.9 Å². The predicted octanol–water partition coefficient (Wildman–Crippen LogP) is -4.09. The molecule has 1 rings (SSSR count). The first-order chi connectivity index (χ1) is 22.4. The number of aromatic hydroxyl groups is 1. The second-order valence-corrected chi connectivity index (χ2v) is 9.99. The summed E-state index contributed by atoms with van der Waals surface area (Å²) in [4.78, 5) is 85.8. The molecule has 0 aliphatic rings. The van der Waals surface area contributed by atoms with Gasteiger partial charge in [-0.2, -0.15) is 0 Å². The summed E-state index contributed by atoms with van der Waals surface area (Å²) in [6.07, 6.45) is -0.434. The molecule has 0 aromatic heterocycles. The molecule has 4 atom stereocenters. The predicted molar refractivity (Wildman–Crippen MR) is 157 cm³/mol. The average molecular weight is 672 g/mol. The number of nitrogens with zero attached hydrogens (tertiary/aromatic N) is 1. The van der Waals surface area contributed by atoms with Crippen molar-refractivity contribution in [1.82, 2.24) is 37.1 Å². The Hall–Kier alpha value is -4.89. The first kappa shape index (κ1) is 40.1. The molecular weight excluding hydrogens is 630 g/mol. The highest BCUT2D eigenvalue weighted by atomic mass is 16.5. The highest BCUT2D eigenvalue weighted by molar-refractivity contribution is 6.00. The van der Waals surface area contributed by atoms with Gasteiger partial charge in [0.2, 0.25) is 30.0 Å². The van der Waals surface area contributed by atoms with Crippen LogP contribution in [0.25, 0.3) is 0 Å². The molecule has 47 heavy (non-hydrogen) atoms. The maximum Gasteiger partial charge on any atom is 0.305 e. The number of carbonyl (C=O) groups is 7. The Kier molecular flexibility index (Phi) is 18.6. The summed E-state index contributed by atoms with van der Waals surface area (Å²) >= 11 is 0. The molecule has 0 saturated carbocycles. The molecule has 0 aliphatic carbocycles. The molecule has 1 aromatic carbocycles. The minimum absolute atomic E-state index is 0.0290. The van der Waals surface area contributed by atoms with Crippen molar-refractivity contribution in [3.05, 3.63) is 29.8 Å². The summed E-state index contributed by atoms with van der Waals surface area (Å²) in [6, 6.07) is -0.690. The van der Waals surface area contributed by atoms with Crippen LogP contribution in [0.4, 0.5) is 0 Å². The summed E-state index contributed by atoms with van der Waals surface area (Å²) in [5.41, 5.74) is 1.68. The number of carbonyl (C=O) groups excluding carboxylic acids is 6. The zero-order chi connectivity index (χ0) is 35.4. The molecule has 0 saturated heterocycles. The highest BCUT2D eigenvalue weighted by Crippen LogP contribution is 2.15. The Morgan fingerprint density at radius 1 is 0.766 bits per heavy atom. The molecule has 0 spiro atoms. The van der Waals surface area contributed by atoms with Gasteiger partial charge in [-0.05, 0) is 37.8 Å². The van der Waals surface area contributed by atoms with Crippen molar-refractivity contribution in [2.75, 3.05) is 32.8 Å². The SMILES string of the molecule is O=CN(O)CCCC(NC(=O)C(CO)NC(=O)C(CO)NC(=O)c1ccccc1O)C(=O)NC(CCCNO)C(=O)NCCC(=O)O. The fourth-order valence-electron chi connectivity index (χ4n) is 3.96. The van der Waals surface area contributed by atoms with E-state index in [4.69, 9.17) is 10.3 Å². The highest BCUT2D eigenvalue weighted by Gasteiger charge is 2.31. The fraction of sp³-hybridized carbons (Fsp3) is 0.519.